The summed E-state index contributed by atoms with van der Waals surface area (Å²) in [6, 6.07) is -0.252. The molecule has 1 heterocycles. The molecule has 0 aromatic rings. The first-order chi connectivity index (χ1) is 9.45. The van der Waals surface area contributed by atoms with E-state index >= 15 is 0 Å². The minimum absolute atomic E-state index is 0.252. The standard InChI is InChI=1S/C13H24N2O4S/c1-3-5-13(11(16)17)6-8-15(10-13)12(18)14-7-9-20(19)4-2/h3-10H2,1-2H3,(H,14,18)(H,16,17). The van der Waals surface area contributed by atoms with Crippen LogP contribution in [0.5, 0.6) is 0 Å². The van der Waals surface area contributed by atoms with Gasteiger partial charge in [0.15, 0.2) is 0 Å². The topological polar surface area (TPSA) is 86.7 Å². The smallest absolute Gasteiger partial charge is 0.317 e. The van der Waals surface area contributed by atoms with E-state index in [-0.39, 0.29) is 12.6 Å². The molecule has 1 rings (SSSR count). The maximum absolute atomic E-state index is 12.0. The summed E-state index contributed by atoms with van der Waals surface area (Å²) >= 11 is 0. The SMILES string of the molecule is CCCC1(C(=O)O)CCN(C(=O)NCCS(=O)CC)C1. The molecule has 0 radical (unpaired) electrons. The highest BCUT2D eigenvalue weighted by molar-refractivity contribution is 7.84. The number of rotatable bonds is 7. The zero-order valence-electron chi connectivity index (χ0n) is 12.2. The average Bonchev–Trinajstić information content (AvgIpc) is 2.84. The van der Waals surface area contributed by atoms with Crippen LogP contribution in [0.2, 0.25) is 0 Å². The largest absolute Gasteiger partial charge is 0.481 e. The molecule has 2 atom stereocenters. The Morgan fingerprint density at radius 1 is 1.40 bits per heavy atom. The lowest BCUT2D eigenvalue weighted by molar-refractivity contribution is -0.148. The van der Waals surface area contributed by atoms with E-state index in [1.54, 1.807) is 4.90 Å². The molecule has 1 aliphatic heterocycles. The van der Waals surface area contributed by atoms with Crippen LogP contribution in [-0.2, 0) is 15.6 Å². The fourth-order valence-electron chi connectivity index (χ4n) is 2.54. The molecule has 2 unspecified atom stereocenters. The highest BCUT2D eigenvalue weighted by Gasteiger charge is 2.45. The maximum Gasteiger partial charge on any atom is 0.317 e. The Morgan fingerprint density at radius 3 is 2.65 bits per heavy atom. The molecule has 0 aliphatic carbocycles. The van der Waals surface area contributed by atoms with Gasteiger partial charge in [0.05, 0.1) is 5.41 Å². The Hall–Kier alpha value is -1.11. The molecular formula is C13H24N2O4S. The lowest BCUT2D eigenvalue weighted by Crippen LogP contribution is -2.42. The third-order valence-corrected chi connectivity index (χ3v) is 5.05. The van der Waals surface area contributed by atoms with Crippen LogP contribution in [0.25, 0.3) is 0 Å². The number of nitrogens with zero attached hydrogens (tertiary/aromatic N) is 1. The van der Waals surface area contributed by atoms with Gasteiger partial charge in [0.25, 0.3) is 0 Å². The van der Waals surface area contributed by atoms with Crippen LogP contribution in [0.15, 0.2) is 0 Å². The van der Waals surface area contributed by atoms with Crippen molar-refractivity contribution in [2.75, 3.05) is 31.1 Å². The number of amides is 2. The molecule has 2 amide bonds. The number of likely N-dealkylation sites (tertiary alicyclic amines) is 1. The van der Waals surface area contributed by atoms with Gasteiger partial charge in [-0.15, -0.1) is 0 Å². The van der Waals surface area contributed by atoms with Gasteiger partial charge in [0, 0.05) is 41.9 Å². The minimum atomic E-state index is -0.898. The number of carbonyl (C=O) groups excluding carboxylic acids is 1. The molecule has 116 valence electrons. The highest BCUT2D eigenvalue weighted by Crippen LogP contribution is 2.35. The normalized spacial score (nSPS) is 23.6. The highest BCUT2D eigenvalue weighted by atomic mass is 32.2. The lowest BCUT2D eigenvalue weighted by atomic mass is 9.83. The molecule has 6 nitrogen and oxygen atoms in total. The van der Waals surface area contributed by atoms with Crippen LogP contribution in [0.4, 0.5) is 4.79 Å². The van der Waals surface area contributed by atoms with Crippen LogP contribution < -0.4 is 5.32 Å². The summed E-state index contributed by atoms with van der Waals surface area (Å²) in [7, 11) is -0.898. The molecule has 0 saturated carbocycles. The quantitative estimate of drug-likeness (QED) is 0.736. The number of urea groups is 1. The molecular weight excluding hydrogens is 280 g/mol. The van der Waals surface area contributed by atoms with Gasteiger partial charge in [0.2, 0.25) is 0 Å². The number of hydrogen-bond acceptors (Lipinski definition) is 3. The van der Waals surface area contributed by atoms with Gasteiger partial charge < -0.3 is 15.3 Å². The van der Waals surface area contributed by atoms with Crippen LogP contribution in [0, 0.1) is 5.41 Å². The molecule has 1 saturated heterocycles. The van der Waals surface area contributed by atoms with Crippen molar-refractivity contribution in [3.8, 4) is 0 Å². The van der Waals surface area contributed by atoms with E-state index in [1.807, 2.05) is 13.8 Å². The summed E-state index contributed by atoms with van der Waals surface area (Å²) in [6.07, 6.45) is 1.88. The Kier molecular flexibility index (Phi) is 6.45. The minimum Gasteiger partial charge on any atom is -0.481 e. The van der Waals surface area contributed by atoms with Crippen molar-refractivity contribution in [3.05, 3.63) is 0 Å². The van der Waals surface area contributed by atoms with Gasteiger partial charge in [-0.05, 0) is 12.8 Å². The van der Waals surface area contributed by atoms with Crippen molar-refractivity contribution >= 4 is 22.8 Å². The van der Waals surface area contributed by atoms with E-state index in [0.717, 1.165) is 6.42 Å². The summed E-state index contributed by atoms with van der Waals surface area (Å²) < 4.78 is 11.3. The second-order valence-electron chi connectivity index (χ2n) is 5.17. The molecule has 20 heavy (non-hydrogen) atoms. The fourth-order valence-corrected chi connectivity index (χ4v) is 3.16. The van der Waals surface area contributed by atoms with E-state index in [4.69, 9.17) is 0 Å². The molecule has 0 bridgehead atoms. The molecule has 0 aromatic heterocycles. The summed E-state index contributed by atoms with van der Waals surface area (Å²) in [5, 5.41) is 12.1. The first-order valence-corrected chi connectivity index (χ1v) is 8.55. The maximum atomic E-state index is 12.0. The van der Waals surface area contributed by atoms with Crippen molar-refractivity contribution < 1.29 is 18.9 Å². The predicted octanol–water partition coefficient (Wildman–Crippen LogP) is 1.04. The lowest BCUT2D eigenvalue weighted by Gasteiger charge is -2.24. The van der Waals surface area contributed by atoms with Crippen molar-refractivity contribution in [2.45, 2.75) is 33.1 Å². The number of carboxylic acid groups (broad SMARTS) is 1. The van der Waals surface area contributed by atoms with E-state index < -0.39 is 22.2 Å². The number of carbonyl (C=O) groups is 2. The third kappa shape index (κ3) is 4.19. The second kappa shape index (κ2) is 7.61. The number of nitrogens with one attached hydrogen (secondary N) is 1. The van der Waals surface area contributed by atoms with Crippen LogP contribution in [-0.4, -0.2) is 57.4 Å². The van der Waals surface area contributed by atoms with Crippen LogP contribution in [0.1, 0.15) is 33.1 Å². The number of carboxylic acids is 1. The van der Waals surface area contributed by atoms with Gasteiger partial charge in [0.1, 0.15) is 0 Å². The van der Waals surface area contributed by atoms with E-state index in [9.17, 15) is 18.9 Å². The molecule has 1 fully saturated rings. The van der Waals surface area contributed by atoms with Crippen molar-refractivity contribution in [1.82, 2.24) is 10.2 Å². The monoisotopic (exact) mass is 304 g/mol. The predicted molar refractivity (Wildman–Crippen MR) is 78.1 cm³/mol. The zero-order chi connectivity index (χ0) is 15.2. The third-order valence-electron chi connectivity index (χ3n) is 3.75. The molecule has 7 heteroatoms. The first kappa shape index (κ1) is 16.9. The van der Waals surface area contributed by atoms with Crippen LogP contribution >= 0.6 is 0 Å². The summed E-state index contributed by atoms with van der Waals surface area (Å²) in [4.78, 5) is 24.9. The summed E-state index contributed by atoms with van der Waals surface area (Å²) in [5.41, 5.74) is -0.793. The van der Waals surface area contributed by atoms with Gasteiger partial charge in [-0.2, -0.15) is 0 Å². The van der Waals surface area contributed by atoms with E-state index in [2.05, 4.69) is 5.32 Å². The van der Waals surface area contributed by atoms with Crippen molar-refractivity contribution in [3.63, 3.8) is 0 Å². The van der Waals surface area contributed by atoms with Crippen molar-refractivity contribution in [2.24, 2.45) is 5.41 Å². The van der Waals surface area contributed by atoms with E-state index in [0.29, 0.717) is 37.4 Å². The number of aliphatic carboxylic acids is 1. The second-order valence-corrected chi connectivity index (χ2v) is 7.04. The molecule has 2 N–H and O–H groups in total. The van der Waals surface area contributed by atoms with Gasteiger partial charge in [-0.25, -0.2) is 4.79 Å². The van der Waals surface area contributed by atoms with Crippen LogP contribution in [0.3, 0.4) is 0 Å². The summed E-state index contributed by atoms with van der Waals surface area (Å²) in [6.45, 7) is 4.88. The average molecular weight is 304 g/mol. The Morgan fingerprint density at radius 2 is 2.10 bits per heavy atom. The van der Waals surface area contributed by atoms with Gasteiger partial charge >= 0.3 is 12.0 Å². The first-order valence-electron chi connectivity index (χ1n) is 7.06. The van der Waals surface area contributed by atoms with Crippen molar-refractivity contribution in [1.29, 1.82) is 0 Å². The number of hydrogen-bond donors (Lipinski definition) is 2. The molecule has 1 aliphatic rings. The Labute approximate surface area is 122 Å². The van der Waals surface area contributed by atoms with E-state index in [1.165, 1.54) is 0 Å². The Bertz CT molecular complexity index is 389. The molecule has 0 aromatic carbocycles. The summed E-state index contributed by atoms with van der Waals surface area (Å²) in [5.74, 6) is 0.203. The fraction of sp³-hybridized carbons (Fsp3) is 0.846. The van der Waals surface area contributed by atoms with Gasteiger partial charge in [-0.3, -0.25) is 9.00 Å². The molecule has 0 spiro atoms. The zero-order valence-corrected chi connectivity index (χ0v) is 13.0. The Balaban J connectivity index is 2.47. The van der Waals surface area contributed by atoms with Gasteiger partial charge in [-0.1, -0.05) is 20.3 Å².